The van der Waals surface area contributed by atoms with E-state index < -0.39 is 0 Å². The predicted octanol–water partition coefficient (Wildman–Crippen LogP) is 4.46. The van der Waals surface area contributed by atoms with Gasteiger partial charge in [0.15, 0.2) is 0 Å². The molecule has 0 spiro atoms. The molecule has 1 unspecified atom stereocenters. The number of benzene rings is 1. The topological polar surface area (TPSA) is 39.1 Å². The summed E-state index contributed by atoms with van der Waals surface area (Å²) in [6.45, 7) is 9.33. The average Bonchev–Trinajstić information content (AvgIpc) is 2.73. The second-order valence-electron chi connectivity index (χ2n) is 5.11. The molecule has 4 nitrogen and oxygen atoms in total. The maximum atomic E-state index is 5.42. The Bertz CT molecular complexity index is 637. The lowest BCUT2D eigenvalue weighted by molar-refractivity contribution is 0.416. The number of hydrogen-bond acceptors (Lipinski definition) is 3. The van der Waals surface area contributed by atoms with E-state index in [2.05, 4.69) is 54.0 Å². The number of hydrogen-bond donors (Lipinski definition) is 1. The van der Waals surface area contributed by atoms with E-state index in [1.165, 1.54) is 11.3 Å². The zero-order valence-electron chi connectivity index (χ0n) is 13.2. The summed E-state index contributed by atoms with van der Waals surface area (Å²) in [5.74, 6) is 0.836. The van der Waals surface area contributed by atoms with Crippen molar-refractivity contribution in [1.29, 1.82) is 0 Å². The molecule has 0 amide bonds. The van der Waals surface area contributed by atoms with Crippen LogP contribution in [0.1, 0.15) is 36.8 Å². The lowest BCUT2D eigenvalue weighted by atomic mass is 10.1. The van der Waals surface area contributed by atoms with Gasteiger partial charge < -0.3 is 10.1 Å². The molecule has 5 heteroatoms. The molecule has 0 aliphatic heterocycles. The molecular weight excluding hydrogens is 330 g/mol. The molecule has 2 rings (SSSR count). The molecule has 1 heterocycles. The van der Waals surface area contributed by atoms with Gasteiger partial charge in [0.2, 0.25) is 0 Å². The van der Waals surface area contributed by atoms with Crippen molar-refractivity contribution in [3.05, 3.63) is 39.6 Å². The van der Waals surface area contributed by atoms with Crippen LogP contribution in [-0.2, 0) is 6.54 Å². The molecule has 1 atom stereocenters. The third-order valence-corrected chi connectivity index (χ3v) is 4.20. The molecule has 0 saturated heterocycles. The summed E-state index contributed by atoms with van der Waals surface area (Å²) in [5.41, 5.74) is 4.51. The van der Waals surface area contributed by atoms with Crippen LogP contribution in [0.15, 0.2) is 22.7 Å². The Balaban J connectivity index is 2.32. The number of rotatable bonds is 5. The standard InChI is InChI=1S/C16H22BrN3O/c1-6-20-12(4)16(11(3)19-20)10(2)18-14-9-13(17)7-8-15(14)21-5/h7-10,18H,6H2,1-5H3. The Morgan fingerprint density at radius 2 is 2.10 bits per heavy atom. The fraction of sp³-hybridized carbons (Fsp3) is 0.438. The van der Waals surface area contributed by atoms with E-state index in [4.69, 9.17) is 4.74 Å². The van der Waals surface area contributed by atoms with Crippen LogP contribution < -0.4 is 10.1 Å². The Kier molecular flexibility index (Phi) is 4.93. The summed E-state index contributed by atoms with van der Waals surface area (Å²) in [7, 11) is 1.69. The SMILES string of the molecule is CCn1nc(C)c(C(C)Nc2cc(Br)ccc2OC)c1C. The number of nitrogens with zero attached hydrogens (tertiary/aromatic N) is 2. The van der Waals surface area contributed by atoms with Crippen molar-refractivity contribution in [2.75, 3.05) is 12.4 Å². The zero-order chi connectivity index (χ0) is 15.6. The summed E-state index contributed by atoms with van der Waals surface area (Å²) >= 11 is 3.50. The van der Waals surface area contributed by atoms with Crippen LogP contribution in [0.3, 0.4) is 0 Å². The number of halogens is 1. The Labute approximate surface area is 134 Å². The molecule has 0 fully saturated rings. The third-order valence-electron chi connectivity index (χ3n) is 3.70. The van der Waals surface area contributed by atoms with Gasteiger partial charge in [-0.1, -0.05) is 15.9 Å². The smallest absolute Gasteiger partial charge is 0.142 e. The average molecular weight is 352 g/mol. The number of ether oxygens (including phenoxy) is 1. The van der Waals surface area contributed by atoms with E-state index in [0.29, 0.717) is 0 Å². The third kappa shape index (κ3) is 3.23. The Morgan fingerprint density at radius 3 is 2.67 bits per heavy atom. The van der Waals surface area contributed by atoms with E-state index in [9.17, 15) is 0 Å². The van der Waals surface area contributed by atoms with Crippen LogP contribution in [0, 0.1) is 13.8 Å². The molecule has 0 bridgehead atoms. The van der Waals surface area contributed by atoms with Gasteiger partial charge in [-0.05, 0) is 45.9 Å². The molecule has 0 aliphatic rings. The van der Waals surface area contributed by atoms with E-state index in [-0.39, 0.29) is 6.04 Å². The highest BCUT2D eigenvalue weighted by Crippen LogP contribution is 2.32. The molecule has 114 valence electrons. The largest absolute Gasteiger partial charge is 0.495 e. The van der Waals surface area contributed by atoms with Crippen LogP contribution in [0.4, 0.5) is 5.69 Å². The number of aromatic nitrogens is 2. The summed E-state index contributed by atoms with van der Waals surface area (Å²) < 4.78 is 8.49. The molecular formula is C16H22BrN3O. The number of aryl methyl sites for hydroxylation is 2. The first kappa shape index (κ1) is 15.9. The number of anilines is 1. The molecule has 2 aromatic rings. The minimum Gasteiger partial charge on any atom is -0.495 e. The molecule has 1 aromatic carbocycles. The van der Waals surface area contributed by atoms with E-state index in [0.717, 1.165) is 28.1 Å². The van der Waals surface area contributed by atoms with Crippen LogP contribution >= 0.6 is 15.9 Å². The van der Waals surface area contributed by atoms with Gasteiger partial charge in [-0.2, -0.15) is 5.10 Å². The van der Waals surface area contributed by atoms with Crippen LogP contribution in [0.5, 0.6) is 5.75 Å². The highest BCUT2D eigenvalue weighted by atomic mass is 79.9. The molecule has 0 radical (unpaired) electrons. The summed E-state index contributed by atoms with van der Waals surface area (Å²) in [4.78, 5) is 0. The first-order chi connectivity index (χ1) is 9.97. The fourth-order valence-electron chi connectivity index (χ4n) is 2.74. The van der Waals surface area contributed by atoms with Crippen LogP contribution in [0.25, 0.3) is 0 Å². The molecule has 1 aromatic heterocycles. The minimum absolute atomic E-state index is 0.161. The van der Waals surface area contributed by atoms with Crippen LogP contribution in [-0.4, -0.2) is 16.9 Å². The van der Waals surface area contributed by atoms with Gasteiger partial charge in [0.25, 0.3) is 0 Å². The summed E-state index contributed by atoms with van der Waals surface area (Å²) in [6, 6.07) is 6.12. The van der Waals surface area contributed by atoms with Gasteiger partial charge in [0, 0.05) is 22.3 Å². The fourth-order valence-corrected chi connectivity index (χ4v) is 3.10. The van der Waals surface area contributed by atoms with Crippen molar-refractivity contribution in [1.82, 2.24) is 9.78 Å². The second-order valence-corrected chi connectivity index (χ2v) is 6.03. The van der Waals surface area contributed by atoms with Crippen molar-refractivity contribution < 1.29 is 4.74 Å². The van der Waals surface area contributed by atoms with E-state index in [1.807, 2.05) is 22.9 Å². The maximum Gasteiger partial charge on any atom is 0.142 e. The first-order valence-electron chi connectivity index (χ1n) is 7.11. The summed E-state index contributed by atoms with van der Waals surface area (Å²) in [5, 5.41) is 8.12. The van der Waals surface area contributed by atoms with Gasteiger partial charge in [0.05, 0.1) is 24.5 Å². The minimum atomic E-state index is 0.161. The Morgan fingerprint density at radius 1 is 1.38 bits per heavy atom. The second kappa shape index (κ2) is 6.52. The van der Waals surface area contributed by atoms with Gasteiger partial charge in [-0.3, -0.25) is 4.68 Å². The van der Waals surface area contributed by atoms with Gasteiger partial charge >= 0.3 is 0 Å². The highest BCUT2D eigenvalue weighted by molar-refractivity contribution is 9.10. The molecule has 0 saturated carbocycles. The van der Waals surface area contributed by atoms with E-state index in [1.54, 1.807) is 7.11 Å². The van der Waals surface area contributed by atoms with Crippen molar-refractivity contribution in [3.8, 4) is 5.75 Å². The van der Waals surface area contributed by atoms with Crippen molar-refractivity contribution >= 4 is 21.6 Å². The quantitative estimate of drug-likeness (QED) is 0.863. The molecule has 1 N–H and O–H groups in total. The summed E-state index contributed by atoms with van der Waals surface area (Å²) in [6.07, 6.45) is 0. The van der Waals surface area contributed by atoms with Crippen molar-refractivity contribution in [2.24, 2.45) is 0 Å². The first-order valence-corrected chi connectivity index (χ1v) is 7.91. The molecule has 0 aliphatic carbocycles. The highest BCUT2D eigenvalue weighted by Gasteiger charge is 2.18. The maximum absolute atomic E-state index is 5.42. The van der Waals surface area contributed by atoms with Crippen LogP contribution in [0.2, 0.25) is 0 Å². The number of nitrogens with one attached hydrogen (secondary N) is 1. The van der Waals surface area contributed by atoms with Crippen molar-refractivity contribution in [3.63, 3.8) is 0 Å². The molecule has 21 heavy (non-hydrogen) atoms. The van der Waals surface area contributed by atoms with Gasteiger partial charge in [-0.25, -0.2) is 0 Å². The lowest BCUT2D eigenvalue weighted by Gasteiger charge is -2.18. The predicted molar refractivity (Wildman–Crippen MR) is 90.1 cm³/mol. The number of methoxy groups -OCH3 is 1. The zero-order valence-corrected chi connectivity index (χ0v) is 14.8. The lowest BCUT2D eigenvalue weighted by Crippen LogP contribution is -2.10. The normalized spacial score (nSPS) is 12.3. The van der Waals surface area contributed by atoms with Gasteiger partial charge in [0.1, 0.15) is 5.75 Å². The van der Waals surface area contributed by atoms with Gasteiger partial charge in [-0.15, -0.1) is 0 Å². The monoisotopic (exact) mass is 351 g/mol. The Hall–Kier alpha value is -1.49. The van der Waals surface area contributed by atoms with E-state index >= 15 is 0 Å². The van der Waals surface area contributed by atoms with Crippen molar-refractivity contribution in [2.45, 2.75) is 40.3 Å².